The number of ether oxygens (including phenoxy) is 2. The third kappa shape index (κ3) is 5.19. The van der Waals surface area contributed by atoms with E-state index in [4.69, 9.17) is 9.47 Å². The molecule has 16 heavy (non-hydrogen) atoms. The van der Waals surface area contributed by atoms with Crippen molar-refractivity contribution in [3.05, 3.63) is 29.8 Å². The van der Waals surface area contributed by atoms with E-state index in [9.17, 15) is 4.79 Å². The highest BCUT2D eigenvalue weighted by molar-refractivity contribution is 7.80. The van der Waals surface area contributed by atoms with Crippen LogP contribution in [0.1, 0.15) is 12.0 Å². The molecule has 3 nitrogen and oxygen atoms in total. The van der Waals surface area contributed by atoms with Crippen molar-refractivity contribution in [1.29, 1.82) is 0 Å². The zero-order valence-electron chi connectivity index (χ0n) is 9.31. The number of benzene rings is 1. The van der Waals surface area contributed by atoms with Crippen molar-refractivity contribution in [2.45, 2.75) is 17.7 Å². The highest BCUT2D eigenvalue weighted by atomic mass is 32.1. The van der Waals surface area contributed by atoms with Crippen molar-refractivity contribution >= 4 is 18.6 Å². The molecule has 88 valence electrons. The van der Waals surface area contributed by atoms with E-state index in [2.05, 4.69) is 12.6 Å². The Morgan fingerprint density at radius 2 is 1.94 bits per heavy atom. The maximum absolute atomic E-state index is 11.4. The Morgan fingerprint density at radius 3 is 2.56 bits per heavy atom. The Kier molecular flexibility index (Phi) is 5.96. The van der Waals surface area contributed by atoms with Gasteiger partial charge in [-0.1, -0.05) is 12.1 Å². The van der Waals surface area contributed by atoms with Crippen LogP contribution >= 0.6 is 12.6 Å². The van der Waals surface area contributed by atoms with Crippen LogP contribution in [0.2, 0.25) is 0 Å². The van der Waals surface area contributed by atoms with Crippen LogP contribution in [0.25, 0.3) is 0 Å². The van der Waals surface area contributed by atoms with Gasteiger partial charge in [0.25, 0.3) is 0 Å². The van der Waals surface area contributed by atoms with Crippen molar-refractivity contribution in [3.8, 4) is 0 Å². The molecule has 0 atom stereocenters. The molecule has 0 bridgehead atoms. The summed E-state index contributed by atoms with van der Waals surface area (Å²) in [5, 5.41) is 0. The molecule has 1 rings (SSSR count). The normalized spacial score (nSPS) is 10.1. The molecule has 0 amide bonds. The van der Waals surface area contributed by atoms with E-state index >= 15 is 0 Å². The van der Waals surface area contributed by atoms with Crippen LogP contribution < -0.4 is 0 Å². The van der Waals surface area contributed by atoms with Gasteiger partial charge in [0.1, 0.15) is 0 Å². The van der Waals surface area contributed by atoms with Crippen molar-refractivity contribution < 1.29 is 14.3 Å². The standard InChI is InChI=1S/C12H16O3S/c1-14-7-2-8-15-12(13)9-10-3-5-11(16)6-4-10/h3-6,16H,2,7-9H2,1H3. The van der Waals surface area contributed by atoms with E-state index in [-0.39, 0.29) is 5.97 Å². The number of esters is 1. The average molecular weight is 240 g/mol. The SMILES string of the molecule is COCCCOC(=O)Cc1ccc(S)cc1. The molecule has 0 N–H and O–H groups in total. The maximum Gasteiger partial charge on any atom is 0.310 e. The number of hydrogen-bond donors (Lipinski definition) is 1. The predicted octanol–water partition coefficient (Wildman–Crippen LogP) is 2.10. The Morgan fingerprint density at radius 1 is 1.25 bits per heavy atom. The fourth-order valence-corrected chi connectivity index (χ4v) is 1.37. The van der Waals surface area contributed by atoms with Gasteiger partial charge in [-0.25, -0.2) is 0 Å². The zero-order chi connectivity index (χ0) is 11.8. The Labute approximate surface area is 101 Å². The van der Waals surface area contributed by atoms with E-state index in [0.717, 1.165) is 16.9 Å². The van der Waals surface area contributed by atoms with Crippen LogP contribution in [-0.4, -0.2) is 26.3 Å². The van der Waals surface area contributed by atoms with E-state index in [1.54, 1.807) is 7.11 Å². The van der Waals surface area contributed by atoms with Gasteiger partial charge >= 0.3 is 5.97 Å². The van der Waals surface area contributed by atoms with Crippen LogP contribution in [-0.2, 0) is 20.7 Å². The molecule has 1 aromatic carbocycles. The highest BCUT2D eigenvalue weighted by Crippen LogP contribution is 2.08. The molecule has 0 heterocycles. The molecule has 0 aliphatic rings. The highest BCUT2D eigenvalue weighted by Gasteiger charge is 2.04. The molecule has 0 saturated carbocycles. The summed E-state index contributed by atoms with van der Waals surface area (Å²) in [5.74, 6) is -0.206. The first-order valence-corrected chi connectivity index (χ1v) is 5.59. The van der Waals surface area contributed by atoms with Gasteiger partial charge in [0, 0.05) is 25.0 Å². The first-order valence-electron chi connectivity index (χ1n) is 5.15. The Bertz CT molecular complexity index is 322. The minimum atomic E-state index is -0.206. The molecular formula is C12H16O3S. The zero-order valence-corrected chi connectivity index (χ0v) is 10.2. The second-order valence-electron chi connectivity index (χ2n) is 3.41. The second-order valence-corrected chi connectivity index (χ2v) is 3.93. The maximum atomic E-state index is 11.4. The van der Waals surface area contributed by atoms with Crippen molar-refractivity contribution in [2.24, 2.45) is 0 Å². The number of methoxy groups -OCH3 is 1. The fraction of sp³-hybridized carbons (Fsp3) is 0.417. The Balaban J connectivity index is 2.26. The van der Waals surface area contributed by atoms with Gasteiger partial charge in [-0.3, -0.25) is 4.79 Å². The van der Waals surface area contributed by atoms with E-state index < -0.39 is 0 Å². The molecule has 0 unspecified atom stereocenters. The van der Waals surface area contributed by atoms with Crippen molar-refractivity contribution in [2.75, 3.05) is 20.3 Å². The lowest BCUT2D eigenvalue weighted by molar-refractivity contribution is -0.143. The molecule has 0 spiro atoms. The minimum Gasteiger partial charge on any atom is -0.465 e. The van der Waals surface area contributed by atoms with Crippen molar-refractivity contribution in [1.82, 2.24) is 0 Å². The summed E-state index contributed by atoms with van der Waals surface area (Å²) >= 11 is 4.17. The second kappa shape index (κ2) is 7.30. The molecule has 0 aliphatic heterocycles. The molecule has 0 radical (unpaired) electrons. The molecule has 0 fully saturated rings. The molecule has 1 aromatic rings. The summed E-state index contributed by atoms with van der Waals surface area (Å²) < 4.78 is 9.90. The monoisotopic (exact) mass is 240 g/mol. The topological polar surface area (TPSA) is 35.5 Å². The quantitative estimate of drug-likeness (QED) is 0.470. The third-order valence-electron chi connectivity index (χ3n) is 2.04. The number of rotatable bonds is 6. The van der Waals surface area contributed by atoms with Gasteiger partial charge < -0.3 is 9.47 Å². The molecular weight excluding hydrogens is 224 g/mol. The summed E-state index contributed by atoms with van der Waals surface area (Å²) in [6, 6.07) is 7.46. The summed E-state index contributed by atoms with van der Waals surface area (Å²) in [6.07, 6.45) is 1.04. The van der Waals surface area contributed by atoms with Crippen molar-refractivity contribution in [3.63, 3.8) is 0 Å². The fourth-order valence-electron chi connectivity index (χ4n) is 1.22. The van der Waals surface area contributed by atoms with Gasteiger partial charge in [0.15, 0.2) is 0 Å². The lowest BCUT2D eigenvalue weighted by Crippen LogP contribution is -2.10. The van der Waals surface area contributed by atoms with Crippen LogP contribution in [0, 0.1) is 0 Å². The lowest BCUT2D eigenvalue weighted by atomic mass is 10.1. The summed E-state index contributed by atoms with van der Waals surface area (Å²) in [7, 11) is 1.63. The van der Waals surface area contributed by atoms with Crippen LogP contribution in [0.15, 0.2) is 29.2 Å². The van der Waals surface area contributed by atoms with Gasteiger partial charge in [-0.05, 0) is 17.7 Å². The van der Waals surface area contributed by atoms with Crippen LogP contribution in [0.4, 0.5) is 0 Å². The first kappa shape index (κ1) is 13.1. The molecule has 0 saturated heterocycles. The number of thiol groups is 1. The van der Waals surface area contributed by atoms with Gasteiger partial charge in [-0.15, -0.1) is 12.6 Å². The minimum absolute atomic E-state index is 0.206. The smallest absolute Gasteiger partial charge is 0.310 e. The summed E-state index contributed by atoms with van der Waals surface area (Å²) in [6.45, 7) is 1.03. The predicted molar refractivity (Wildman–Crippen MR) is 64.9 cm³/mol. The molecule has 4 heteroatoms. The number of carbonyl (C=O) groups excluding carboxylic acids is 1. The van der Waals surface area contributed by atoms with Gasteiger partial charge in [0.2, 0.25) is 0 Å². The van der Waals surface area contributed by atoms with Gasteiger partial charge in [0.05, 0.1) is 13.0 Å². The van der Waals surface area contributed by atoms with E-state index in [0.29, 0.717) is 19.6 Å². The number of hydrogen-bond acceptors (Lipinski definition) is 4. The van der Waals surface area contributed by atoms with E-state index in [1.165, 1.54) is 0 Å². The molecule has 0 aliphatic carbocycles. The largest absolute Gasteiger partial charge is 0.465 e. The molecule has 0 aromatic heterocycles. The van der Waals surface area contributed by atoms with Crippen LogP contribution in [0.3, 0.4) is 0 Å². The number of carbonyl (C=O) groups is 1. The van der Waals surface area contributed by atoms with Crippen LogP contribution in [0.5, 0.6) is 0 Å². The van der Waals surface area contributed by atoms with Gasteiger partial charge in [-0.2, -0.15) is 0 Å². The summed E-state index contributed by atoms with van der Waals surface area (Å²) in [4.78, 5) is 12.3. The first-order chi connectivity index (χ1) is 7.72. The van der Waals surface area contributed by atoms with E-state index in [1.807, 2.05) is 24.3 Å². The summed E-state index contributed by atoms with van der Waals surface area (Å²) in [5.41, 5.74) is 0.939. The Hall–Kier alpha value is -1.00. The third-order valence-corrected chi connectivity index (χ3v) is 2.34. The average Bonchev–Trinajstić information content (AvgIpc) is 2.28. The lowest BCUT2D eigenvalue weighted by Gasteiger charge is -2.04.